The molecule has 0 radical (unpaired) electrons. The van der Waals surface area contributed by atoms with Gasteiger partial charge in [0.05, 0.1) is 34.4 Å². The molecule has 0 aromatic carbocycles. The molecular weight excluding hydrogens is 685 g/mol. The van der Waals surface area contributed by atoms with Gasteiger partial charge in [-0.15, -0.1) is 0 Å². The zero-order valence-electron chi connectivity index (χ0n) is 35.8. The van der Waals surface area contributed by atoms with Crippen LogP contribution in [-0.4, -0.2) is 75.6 Å². The first-order chi connectivity index (χ1) is 25.6. The lowest BCUT2D eigenvalue weighted by atomic mass is 10.0. The Morgan fingerprint density at radius 3 is 1.43 bits per heavy atom. The summed E-state index contributed by atoms with van der Waals surface area (Å²) in [5.41, 5.74) is 0. The molecule has 0 saturated heterocycles. The normalized spacial score (nSPS) is 13.8. The molecule has 2 unspecified atom stereocenters. The Labute approximate surface area is 329 Å². The lowest BCUT2D eigenvalue weighted by Crippen LogP contribution is -2.37. The van der Waals surface area contributed by atoms with Crippen LogP contribution in [0.4, 0.5) is 0 Å². The van der Waals surface area contributed by atoms with Crippen LogP contribution < -0.4 is 0 Å². The summed E-state index contributed by atoms with van der Waals surface area (Å²) in [4.78, 5) is 22.8. The average molecular weight is 775 g/mol. The summed E-state index contributed by atoms with van der Waals surface area (Å²) in [5.74, 6) is -0.313. The standard InChI is InChI=1S/C44H88NO7P/c1-6-8-10-12-14-16-17-18-19-20-21-22-23-24-25-26-27-28-29-30-31-33-35-37-44(46)52-43(41-49-39-36-34-32-15-13-11-9-7-2)42-51-53(47,48)50-40-38-45(3,4)5/h20-21,43H,6-19,22-42H2,1-5H3/p+1/b21-20-. The molecule has 0 heterocycles. The zero-order valence-corrected chi connectivity index (χ0v) is 36.7. The van der Waals surface area contributed by atoms with Gasteiger partial charge in [-0.2, -0.15) is 0 Å². The molecule has 53 heavy (non-hydrogen) atoms. The van der Waals surface area contributed by atoms with E-state index in [0.717, 1.165) is 32.1 Å². The summed E-state index contributed by atoms with van der Waals surface area (Å²) >= 11 is 0. The molecule has 0 aromatic heterocycles. The first-order valence-electron chi connectivity index (χ1n) is 22.4. The maximum atomic E-state index is 12.7. The maximum absolute atomic E-state index is 12.7. The highest BCUT2D eigenvalue weighted by Crippen LogP contribution is 2.43. The number of phosphoric ester groups is 1. The van der Waals surface area contributed by atoms with E-state index in [2.05, 4.69) is 26.0 Å². The van der Waals surface area contributed by atoms with Gasteiger partial charge in [0.1, 0.15) is 19.3 Å². The molecular formula is C44H89NO7P+. The average Bonchev–Trinajstić information content (AvgIpc) is 3.11. The number of phosphoric acid groups is 1. The van der Waals surface area contributed by atoms with Crippen molar-refractivity contribution in [1.82, 2.24) is 0 Å². The van der Waals surface area contributed by atoms with E-state index in [1.165, 1.54) is 154 Å². The third-order valence-electron chi connectivity index (χ3n) is 9.83. The minimum Gasteiger partial charge on any atom is -0.457 e. The quantitative estimate of drug-likeness (QED) is 0.0217. The molecule has 1 N–H and O–H groups in total. The first-order valence-corrected chi connectivity index (χ1v) is 23.9. The van der Waals surface area contributed by atoms with Gasteiger partial charge in [0.2, 0.25) is 0 Å². The number of unbranched alkanes of at least 4 members (excludes halogenated alkanes) is 26. The summed E-state index contributed by atoms with van der Waals surface area (Å²) in [5, 5.41) is 0. The van der Waals surface area contributed by atoms with Gasteiger partial charge in [-0.05, 0) is 38.5 Å². The van der Waals surface area contributed by atoms with Crippen molar-refractivity contribution in [3.05, 3.63) is 12.2 Å². The Hall–Kier alpha value is -0.760. The Morgan fingerprint density at radius 2 is 0.981 bits per heavy atom. The number of carbonyl (C=O) groups is 1. The third-order valence-corrected chi connectivity index (χ3v) is 10.8. The van der Waals surface area contributed by atoms with Crippen molar-refractivity contribution >= 4 is 13.8 Å². The van der Waals surface area contributed by atoms with Crippen LogP contribution in [0.15, 0.2) is 12.2 Å². The van der Waals surface area contributed by atoms with Gasteiger partial charge in [-0.1, -0.05) is 174 Å². The van der Waals surface area contributed by atoms with Crippen molar-refractivity contribution in [1.29, 1.82) is 0 Å². The molecule has 0 amide bonds. The van der Waals surface area contributed by atoms with Crippen molar-refractivity contribution in [2.24, 2.45) is 0 Å². The molecule has 8 nitrogen and oxygen atoms in total. The number of rotatable bonds is 42. The van der Waals surface area contributed by atoms with Crippen LogP contribution in [0.2, 0.25) is 0 Å². The van der Waals surface area contributed by atoms with Gasteiger partial charge >= 0.3 is 13.8 Å². The third kappa shape index (κ3) is 42.2. The van der Waals surface area contributed by atoms with Crippen LogP contribution in [0.5, 0.6) is 0 Å². The summed E-state index contributed by atoms with van der Waals surface area (Å²) in [6, 6.07) is 0. The highest BCUT2D eigenvalue weighted by atomic mass is 31.2. The molecule has 0 aliphatic heterocycles. The molecule has 0 rings (SSSR count). The summed E-state index contributed by atoms with van der Waals surface area (Å²) < 4.78 is 34.9. The number of carbonyl (C=O) groups excluding carboxylic acids is 1. The second-order valence-corrected chi connectivity index (χ2v) is 17.9. The van der Waals surface area contributed by atoms with Gasteiger partial charge in [-0.25, -0.2) is 4.57 Å². The first kappa shape index (κ1) is 52.2. The topological polar surface area (TPSA) is 91.3 Å². The van der Waals surface area contributed by atoms with Crippen LogP contribution in [0.1, 0.15) is 206 Å². The molecule has 2 atom stereocenters. The van der Waals surface area contributed by atoms with Gasteiger partial charge in [0.15, 0.2) is 0 Å². The van der Waals surface area contributed by atoms with Gasteiger partial charge in [0.25, 0.3) is 0 Å². The highest BCUT2D eigenvalue weighted by molar-refractivity contribution is 7.47. The van der Waals surface area contributed by atoms with E-state index in [1.807, 2.05) is 21.1 Å². The van der Waals surface area contributed by atoms with Crippen LogP contribution in [0, 0.1) is 0 Å². The summed E-state index contributed by atoms with van der Waals surface area (Å²) in [6.07, 6.45) is 41.1. The number of hydrogen-bond donors (Lipinski definition) is 1. The van der Waals surface area contributed by atoms with Crippen molar-refractivity contribution in [2.75, 3.05) is 54.1 Å². The number of nitrogens with zero attached hydrogens (tertiary/aromatic N) is 1. The maximum Gasteiger partial charge on any atom is 0.472 e. The zero-order chi connectivity index (χ0) is 39.1. The molecule has 0 aromatic rings. The Bertz CT molecular complexity index is 863. The minimum absolute atomic E-state index is 0.0915. The second-order valence-electron chi connectivity index (χ2n) is 16.4. The van der Waals surface area contributed by atoms with Crippen molar-refractivity contribution < 1.29 is 37.3 Å². The summed E-state index contributed by atoms with van der Waals surface area (Å²) in [7, 11) is 1.68. The van der Waals surface area contributed by atoms with E-state index in [1.54, 1.807) is 0 Å². The fraction of sp³-hybridized carbons (Fsp3) is 0.932. The largest absolute Gasteiger partial charge is 0.472 e. The number of ether oxygens (including phenoxy) is 2. The van der Waals surface area contributed by atoms with Crippen LogP contribution in [0.25, 0.3) is 0 Å². The number of esters is 1. The van der Waals surface area contributed by atoms with Gasteiger partial charge in [-0.3, -0.25) is 13.8 Å². The minimum atomic E-state index is -4.26. The van der Waals surface area contributed by atoms with E-state index in [4.69, 9.17) is 18.5 Å². The lowest BCUT2D eigenvalue weighted by molar-refractivity contribution is -0.870. The van der Waals surface area contributed by atoms with E-state index in [-0.39, 0.29) is 25.8 Å². The fourth-order valence-electron chi connectivity index (χ4n) is 6.31. The monoisotopic (exact) mass is 775 g/mol. The Morgan fingerprint density at radius 1 is 0.566 bits per heavy atom. The Kier molecular flexibility index (Phi) is 37.6. The highest BCUT2D eigenvalue weighted by Gasteiger charge is 2.26. The van der Waals surface area contributed by atoms with Gasteiger partial charge in [0, 0.05) is 13.0 Å². The van der Waals surface area contributed by atoms with E-state index in [0.29, 0.717) is 24.1 Å². The smallest absolute Gasteiger partial charge is 0.457 e. The van der Waals surface area contributed by atoms with E-state index >= 15 is 0 Å². The molecule has 0 saturated carbocycles. The van der Waals surface area contributed by atoms with Crippen LogP contribution in [0.3, 0.4) is 0 Å². The molecule has 0 aliphatic carbocycles. The lowest BCUT2D eigenvalue weighted by Gasteiger charge is -2.24. The molecule has 0 bridgehead atoms. The van der Waals surface area contributed by atoms with Crippen molar-refractivity contribution in [3.8, 4) is 0 Å². The van der Waals surface area contributed by atoms with Crippen LogP contribution in [-0.2, 0) is 27.9 Å². The molecule has 0 fully saturated rings. The predicted octanol–water partition coefficient (Wildman–Crippen LogP) is 13.1. The fourth-order valence-corrected chi connectivity index (χ4v) is 7.05. The van der Waals surface area contributed by atoms with E-state index in [9.17, 15) is 14.3 Å². The van der Waals surface area contributed by atoms with Crippen LogP contribution >= 0.6 is 7.82 Å². The SMILES string of the molecule is CCCCCCCCCC/C=C\CCCCCCCCCCCCCC(=O)OC(COCCCCCCCCCC)COP(=O)(O)OCC[N+](C)(C)C. The van der Waals surface area contributed by atoms with Crippen molar-refractivity contribution in [2.45, 2.75) is 213 Å². The predicted molar refractivity (Wildman–Crippen MR) is 224 cm³/mol. The van der Waals surface area contributed by atoms with E-state index < -0.39 is 13.9 Å². The molecule has 0 spiro atoms. The van der Waals surface area contributed by atoms with Gasteiger partial charge < -0.3 is 18.9 Å². The number of likely N-dealkylation sites (N-methyl/N-ethyl adjacent to an activating group) is 1. The molecule has 0 aliphatic rings. The van der Waals surface area contributed by atoms with Crippen molar-refractivity contribution in [3.63, 3.8) is 0 Å². The number of quaternary nitrogens is 1. The number of allylic oxidation sites excluding steroid dienone is 2. The molecule has 316 valence electrons. The second kappa shape index (κ2) is 38.1. The molecule has 9 heteroatoms. The Balaban J connectivity index is 4.02. The number of hydrogen-bond acceptors (Lipinski definition) is 6. The summed E-state index contributed by atoms with van der Waals surface area (Å²) in [6.45, 7) is 5.63.